The van der Waals surface area contributed by atoms with E-state index in [4.69, 9.17) is 5.26 Å². The first-order chi connectivity index (χ1) is 8.54. The number of hydrazone groups is 1. The van der Waals surface area contributed by atoms with Crippen molar-refractivity contribution in [3.8, 4) is 6.07 Å². The van der Waals surface area contributed by atoms with Crippen LogP contribution in [-0.4, -0.2) is 17.0 Å². The Labute approximate surface area is 103 Å². The van der Waals surface area contributed by atoms with Crippen molar-refractivity contribution in [3.63, 3.8) is 0 Å². The molecule has 0 radical (unpaired) electrons. The van der Waals surface area contributed by atoms with Crippen LogP contribution < -0.4 is 5.43 Å². The quantitative estimate of drug-likeness (QED) is 0.490. The fraction of sp³-hybridized carbons (Fsp3) is 0.182. The molecule has 0 aromatic heterocycles. The Hall–Kier alpha value is -2.75. The van der Waals surface area contributed by atoms with Gasteiger partial charge in [-0.25, -0.2) is 5.43 Å². The summed E-state index contributed by atoms with van der Waals surface area (Å²) in [7, 11) is 0. The van der Waals surface area contributed by atoms with E-state index >= 15 is 0 Å². The zero-order valence-corrected chi connectivity index (χ0v) is 9.58. The number of nitriles is 1. The number of hydrogen-bond donors (Lipinski definition) is 1. The third-order valence-corrected chi connectivity index (χ3v) is 2.07. The van der Waals surface area contributed by atoms with Crippen LogP contribution in [0.5, 0.6) is 0 Å². The Kier molecular flexibility index (Phi) is 4.51. The van der Waals surface area contributed by atoms with Gasteiger partial charge < -0.3 is 0 Å². The molecule has 1 N–H and O–H groups in total. The zero-order valence-electron chi connectivity index (χ0n) is 9.58. The molecule has 0 aliphatic rings. The van der Waals surface area contributed by atoms with E-state index in [-0.39, 0.29) is 12.1 Å². The van der Waals surface area contributed by atoms with Crippen molar-refractivity contribution in [1.29, 1.82) is 5.26 Å². The third kappa shape index (κ3) is 3.68. The molecule has 1 amide bonds. The minimum atomic E-state index is -0.532. The molecular weight excluding hydrogens is 236 g/mol. The molecular formula is C11H10N4O3. The van der Waals surface area contributed by atoms with Crippen molar-refractivity contribution in [3.05, 3.63) is 39.4 Å². The van der Waals surface area contributed by atoms with Crippen LogP contribution in [0.25, 0.3) is 0 Å². The van der Waals surface area contributed by atoms with Crippen molar-refractivity contribution in [1.82, 2.24) is 5.43 Å². The van der Waals surface area contributed by atoms with Crippen molar-refractivity contribution in [2.24, 2.45) is 5.10 Å². The molecule has 0 heterocycles. The number of nitro benzene ring substituents is 1. The smallest absolute Gasteiger partial charge is 0.272 e. The Morgan fingerprint density at radius 2 is 2.39 bits per heavy atom. The number of carbonyl (C=O) groups excluding carboxylic acids is 1. The molecule has 7 nitrogen and oxygen atoms in total. The molecule has 0 saturated heterocycles. The van der Waals surface area contributed by atoms with Gasteiger partial charge in [-0.05, 0) is 6.92 Å². The fourth-order valence-electron chi connectivity index (χ4n) is 1.19. The van der Waals surface area contributed by atoms with Crippen LogP contribution in [0.4, 0.5) is 5.69 Å². The van der Waals surface area contributed by atoms with Crippen LogP contribution in [-0.2, 0) is 4.79 Å². The summed E-state index contributed by atoms with van der Waals surface area (Å²) in [6, 6.07) is 6.26. The van der Waals surface area contributed by atoms with Gasteiger partial charge in [0.25, 0.3) is 11.6 Å². The monoisotopic (exact) mass is 246 g/mol. The van der Waals surface area contributed by atoms with Gasteiger partial charge in [0.05, 0.1) is 17.2 Å². The summed E-state index contributed by atoms with van der Waals surface area (Å²) in [5.41, 5.74) is 3.16. The lowest BCUT2D eigenvalue weighted by Gasteiger charge is -1.98. The van der Waals surface area contributed by atoms with E-state index in [9.17, 15) is 14.9 Å². The summed E-state index contributed by atoms with van der Waals surface area (Å²) in [4.78, 5) is 21.1. The second-order valence-corrected chi connectivity index (χ2v) is 3.43. The molecule has 7 heteroatoms. The van der Waals surface area contributed by atoms with Crippen LogP contribution in [0.2, 0.25) is 0 Å². The molecule has 0 bridgehead atoms. The number of benzene rings is 1. The highest BCUT2D eigenvalue weighted by atomic mass is 16.6. The van der Waals surface area contributed by atoms with Crippen molar-refractivity contribution < 1.29 is 9.72 Å². The van der Waals surface area contributed by atoms with E-state index in [0.717, 1.165) is 0 Å². The third-order valence-electron chi connectivity index (χ3n) is 2.07. The first-order valence-electron chi connectivity index (χ1n) is 4.98. The fourth-order valence-corrected chi connectivity index (χ4v) is 1.19. The maximum Gasteiger partial charge on any atom is 0.272 e. The second kappa shape index (κ2) is 6.10. The summed E-state index contributed by atoms with van der Waals surface area (Å²) < 4.78 is 0. The topological polar surface area (TPSA) is 108 Å². The molecule has 92 valence electrons. The molecule has 0 unspecified atom stereocenters. The highest BCUT2D eigenvalue weighted by molar-refractivity contribution is 5.83. The lowest BCUT2D eigenvalue weighted by Crippen LogP contribution is -2.16. The molecule has 1 aromatic rings. The summed E-state index contributed by atoms with van der Waals surface area (Å²) in [5, 5.41) is 22.5. The molecule has 0 aliphatic heterocycles. The average Bonchev–Trinajstić information content (AvgIpc) is 2.31. The predicted molar refractivity (Wildman–Crippen MR) is 63.8 cm³/mol. The maximum atomic E-state index is 10.9. The normalized spacial score (nSPS) is 10.0. The first kappa shape index (κ1) is 13.3. The Balaban J connectivity index is 2.77. The second-order valence-electron chi connectivity index (χ2n) is 3.43. The highest BCUT2D eigenvalue weighted by Crippen LogP contribution is 2.18. The van der Waals surface area contributed by atoms with Gasteiger partial charge in [-0.2, -0.15) is 10.4 Å². The maximum absolute atomic E-state index is 10.9. The van der Waals surface area contributed by atoms with Gasteiger partial charge in [0, 0.05) is 17.2 Å². The van der Waals surface area contributed by atoms with E-state index in [2.05, 4.69) is 10.5 Å². The van der Waals surface area contributed by atoms with Crippen LogP contribution in [0, 0.1) is 28.4 Å². The molecule has 1 rings (SSSR count). The van der Waals surface area contributed by atoms with Crippen molar-refractivity contribution in [2.75, 3.05) is 0 Å². The van der Waals surface area contributed by atoms with Crippen LogP contribution in [0.1, 0.15) is 17.5 Å². The lowest BCUT2D eigenvalue weighted by atomic mass is 10.1. The number of carbonyl (C=O) groups is 1. The van der Waals surface area contributed by atoms with Gasteiger partial charge in [-0.3, -0.25) is 14.9 Å². The number of hydrogen-bond acceptors (Lipinski definition) is 5. The minimum Gasteiger partial charge on any atom is -0.272 e. The number of nitro groups is 1. The SMILES string of the molecule is Cc1ccc(/C=N\NC(=O)CC#N)cc1[N+](=O)[O-]. The first-order valence-corrected chi connectivity index (χ1v) is 4.98. The van der Waals surface area contributed by atoms with Crippen LogP contribution in [0.3, 0.4) is 0 Å². The molecule has 1 aromatic carbocycles. The van der Waals surface area contributed by atoms with E-state index in [1.54, 1.807) is 25.1 Å². The van der Waals surface area contributed by atoms with E-state index in [0.29, 0.717) is 11.1 Å². The molecule has 0 fully saturated rings. The Morgan fingerprint density at radius 3 is 3.00 bits per heavy atom. The van der Waals surface area contributed by atoms with E-state index in [1.807, 2.05) is 0 Å². The number of nitrogens with zero attached hydrogens (tertiary/aromatic N) is 3. The van der Waals surface area contributed by atoms with Crippen LogP contribution in [0.15, 0.2) is 23.3 Å². The highest BCUT2D eigenvalue weighted by Gasteiger charge is 2.09. The lowest BCUT2D eigenvalue weighted by molar-refractivity contribution is -0.385. The molecule has 0 saturated carbocycles. The largest absolute Gasteiger partial charge is 0.272 e. The summed E-state index contributed by atoms with van der Waals surface area (Å²) >= 11 is 0. The standard InChI is InChI=1S/C11H10N4O3/c1-8-2-3-9(6-10(8)15(17)18)7-13-14-11(16)4-5-12/h2-3,6-7H,4H2,1H3,(H,14,16)/b13-7-. The van der Waals surface area contributed by atoms with Gasteiger partial charge in [0.1, 0.15) is 6.42 Å². The summed E-state index contributed by atoms with van der Waals surface area (Å²) in [5.74, 6) is -0.532. The predicted octanol–water partition coefficient (Wildman–Crippen LogP) is 1.27. The van der Waals surface area contributed by atoms with Crippen LogP contribution >= 0.6 is 0 Å². The summed E-state index contributed by atoms with van der Waals surface area (Å²) in [6.45, 7) is 1.63. The number of nitrogens with one attached hydrogen (secondary N) is 1. The van der Waals surface area contributed by atoms with Gasteiger partial charge in [0.2, 0.25) is 0 Å². The Morgan fingerprint density at radius 1 is 1.67 bits per heavy atom. The number of amides is 1. The number of aryl methyl sites for hydroxylation is 1. The molecule has 0 atom stereocenters. The number of rotatable bonds is 4. The van der Waals surface area contributed by atoms with Gasteiger partial charge in [-0.1, -0.05) is 12.1 Å². The zero-order chi connectivity index (χ0) is 13.5. The van der Waals surface area contributed by atoms with E-state index in [1.165, 1.54) is 12.3 Å². The summed E-state index contributed by atoms with van der Waals surface area (Å²) in [6.07, 6.45) is 0.993. The molecule has 0 aliphatic carbocycles. The van der Waals surface area contributed by atoms with Gasteiger partial charge >= 0.3 is 0 Å². The van der Waals surface area contributed by atoms with Gasteiger partial charge in [0.15, 0.2) is 0 Å². The average molecular weight is 246 g/mol. The van der Waals surface area contributed by atoms with Crippen molar-refractivity contribution >= 4 is 17.8 Å². The van der Waals surface area contributed by atoms with Crippen molar-refractivity contribution in [2.45, 2.75) is 13.3 Å². The molecule has 18 heavy (non-hydrogen) atoms. The molecule has 0 spiro atoms. The minimum absolute atomic E-state index is 0.0118. The Bertz CT molecular complexity index is 546. The van der Waals surface area contributed by atoms with Gasteiger partial charge in [-0.15, -0.1) is 0 Å². The van der Waals surface area contributed by atoms with E-state index < -0.39 is 10.8 Å².